The lowest BCUT2D eigenvalue weighted by Crippen LogP contribution is -2.25. The molecule has 202 valence electrons. The standard InChI is InChI=1S/C20H21F3O4.C8H18O/c1-2-6-19(25)27-26-15-8-5-7-14(13-15)11-12-18(24)16-9-3-4-10-17(16)20(21,22)23;1-7(2,3)6-8(4,5)9/h3-5,7-10,13,18,24H,2,6,11-12H2,1H3;9H,6H2,1-5H3. The van der Waals surface area contributed by atoms with Crippen LogP contribution in [0, 0.1) is 5.41 Å². The number of benzene rings is 2. The summed E-state index contributed by atoms with van der Waals surface area (Å²) in [7, 11) is 0. The summed E-state index contributed by atoms with van der Waals surface area (Å²) < 4.78 is 39.2. The largest absolute Gasteiger partial charge is 0.416 e. The molecule has 0 saturated carbocycles. The number of halogens is 3. The first-order chi connectivity index (χ1) is 16.5. The Kier molecular flexibility index (Phi) is 11.9. The monoisotopic (exact) mass is 512 g/mol. The molecule has 2 rings (SSSR count). The van der Waals surface area contributed by atoms with Crippen LogP contribution in [0.1, 0.15) is 90.0 Å². The van der Waals surface area contributed by atoms with Crippen molar-refractivity contribution < 1.29 is 38.0 Å². The van der Waals surface area contributed by atoms with Crippen molar-refractivity contribution in [1.29, 1.82) is 0 Å². The van der Waals surface area contributed by atoms with Crippen LogP contribution in [0.15, 0.2) is 48.5 Å². The number of aryl methyl sites for hydroxylation is 1. The lowest BCUT2D eigenvalue weighted by molar-refractivity contribution is -0.213. The van der Waals surface area contributed by atoms with Gasteiger partial charge in [-0.3, -0.25) is 9.78 Å². The van der Waals surface area contributed by atoms with Crippen molar-refractivity contribution in [3.63, 3.8) is 0 Å². The van der Waals surface area contributed by atoms with E-state index in [0.29, 0.717) is 18.6 Å². The van der Waals surface area contributed by atoms with Gasteiger partial charge in [-0.1, -0.05) is 58.0 Å². The predicted octanol–water partition coefficient (Wildman–Crippen LogP) is 7.20. The van der Waals surface area contributed by atoms with E-state index in [0.717, 1.165) is 18.1 Å². The van der Waals surface area contributed by atoms with Gasteiger partial charge in [-0.05, 0) is 74.3 Å². The van der Waals surface area contributed by atoms with Crippen molar-refractivity contribution in [1.82, 2.24) is 0 Å². The molecule has 0 radical (unpaired) electrons. The molecular weight excluding hydrogens is 473 g/mol. The van der Waals surface area contributed by atoms with E-state index in [4.69, 9.17) is 4.89 Å². The minimum absolute atomic E-state index is 0.103. The van der Waals surface area contributed by atoms with Crippen LogP contribution in [0.25, 0.3) is 0 Å². The second-order valence-electron chi connectivity index (χ2n) is 10.6. The van der Waals surface area contributed by atoms with Gasteiger partial charge in [0.15, 0.2) is 5.75 Å². The Balaban J connectivity index is 0.000000613. The van der Waals surface area contributed by atoms with E-state index < -0.39 is 29.4 Å². The van der Waals surface area contributed by atoms with Crippen LogP contribution in [0.4, 0.5) is 13.2 Å². The zero-order valence-electron chi connectivity index (χ0n) is 22.0. The van der Waals surface area contributed by atoms with Crippen LogP contribution in [0.3, 0.4) is 0 Å². The quantitative estimate of drug-likeness (QED) is 0.274. The molecule has 0 spiro atoms. The minimum atomic E-state index is -4.52. The molecule has 0 bridgehead atoms. The van der Waals surface area contributed by atoms with Gasteiger partial charge in [0.05, 0.1) is 17.3 Å². The van der Waals surface area contributed by atoms with E-state index in [1.807, 2.05) is 20.8 Å². The van der Waals surface area contributed by atoms with Crippen molar-refractivity contribution in [3.8, 4) is 5.75 Å². The van der Waals surface area contributed by atoms with Gasteiger partial charge in [0.25, 0.3) is 0 Å². The van der Waals surface area contributed by atoms with Gasteiger partial charge >= 0.3 is 12.1 Å². The fraction of sp³-hybridized carbons (Fsp3) is 0.536. The van der Waals surface area contributed by atoms with Crippen molar-refractivity contribution in [2.24, 2.45) is 5.41 Å². The number of aliphatic hydroxyl groups is 2. The topological polar surface area (TPSA) is 76.0 Å². The molecule has 2 N–H and O–H groups in total. The number of carbonyl (C=O) groups is 1. The van der Waals surface area contributed by atoms with Crippen molar-refractivity contribution in [3.05, 3.63) is 65.2 Å². The van der Waals surface area contributed by atoms with E-state index in [1.54, 1.807) is 24.3 Å². The molecule has 0 aliphatic rings. The summed E-state index contributed by atoms with van der Waals surface area (Å²) in [5.41, 5.74) is -0.526. The molecule has 0 aliphatic heterocycles. The third-order valence-corrected chi connectivity index (χ3v) is 4.88. The highest BCUT2D eigenvalue weighted by atomic mass is 19.4. The number of rotatable bonds is 9. The zero-order chi connectivity index (χ0) is 27.6. The van der Waals surface area contributed by atoms with Crippen LogP contribution in [-0.2, 0) is 22.3 Å². The highest BCUT2D eigenvalue weighted by Crippen LogP contribution is 2.35. The van der Waals surface area contributed by atoms with E-state index in [2.05, 4.69) is 25.7 Å². The first kappa shape index (κ1) is 31.4. The SMILES string of the molecule is CC(C)(C)CC(C)(C)O.CCCC(=O)OOc1cccc(CCC(O)c2ccccc2C(F)(F)F)c1. The second-order valence-corrected chi connectivity index (χ2v) is 10.6. The molecule has 2 aromatic rings. The summed E-state index contributed by atoms with van der Waals surface area (Å²) in [4.78, 5) is 20.9. The number of hydrogen-bond donors (Lipinski definition) is 2. The fourth-order valence-electron chi connectivity index (χ4n) is 3.90. The minimum Gasteiger partial charge on any atom is -0.390 e. The molecule has 1 atom stereocenters. The Morgan fingerprint density at radius 2 is 1.64 bits per heavy atom. The smallest absolute Gasteiger partial charge is 0.390 e. The Labute approximate surface area is 212 Å². The Hall–Kier alpha value is -2.58. The van der Waals surface area contributed by atoms with Crippen LogP contribution in [0.2, 0.25) is 0 Å². The third-order valence-electron chi connectivity index (χ3n) is 4.88. The van der Waals surface area contributed by atoms with Gasteiger partial charge in [-0.25, -0.2) is 4.79 Å². The van der Waals surface area contributed by atoms with Crippen LogP contribution in [0.5, 0.6) is 5.75 Å². The molecule has 0 fully saturated rings. The van der Waals surface area contributed by atoms with Crippen molar-refractivity contribution in [2.75, 3.05) is 0 Å². The maximum Gasteiger partial charge on any atom is 0.416 e. The van der Waals surface area contributed by atoms with Gasteiger partial charge in [-0.15, -0.1) is 0 Å². The van der Waals surface area contributed by atoms with Crippen molar-refractivity contribution in [2.45, 2.75) is 91.5 Å². The molecular formula is C28H39F3O5. The number of alkyl halides is 3. The van der Waals surface area contributed by atoms with Gasteiger partial charge in [0.1, 0.15) is 0 Å². The molecule has 0 aliphatic carbocycles. The summed E-state index contributed by atoms with van der Waals surface area (Å²) >= 11 is 0. The van der Waals surface area contributed by atoms with Gasteiger partial charge in [0.2, 0.25) is 0 Å². The normalized spacial score (nSPS) is 12.9. The van der Waals surface area contributed by atoms with Crippen LogP contribution in [-0.4, -0.2) is 21.8 Å². The molecule has 0 aromatic heterocycles. The van der Waals surface area contributed by atoms with Gasteiger partial charge < -0.3 is 10.2 Å². The first-order valence-electron chi connectivity index (χ1n) is 12.0. The highest BCUT2D eigenvalue weighted by molar-refractivity contribution is 5.68. The van der Waals surface area contributed by atoms with E-state index in [1.165, 1.54) is 18.2 Å². The van der Waals surface area contributed by atoms with E-state index in [9.17, 15) is 28.2 Å². The van der Waals surface area contributed by atoms with Gasteiger partial charge in [0, 0.05) is 6.42 Å². The highest BCUT2D eigenvalue weighted by Gasteiger charge is 2.34. The second kappa shape index (κ2) is 13.7. The van der Waals surface area contributed by atoms with E-state index in [-0.39, 0.29) is 23.8 Å². The molecule has 8 heteroatoms. The Morgan fingerprint density at radius 3 is 2.17 bits per heavy atom. The molecule has 2 aromatic carbocycles. The summed E-state index contributed by atoms with van der Waals surface area (Å²) in [6.07, 6.45) is -3.62. The van der Waals surface area contributed by atoms with Gasteiger partial charge in [-0.2, -0.15) is 13.2 Å². The predicted molar refractivity (Wildman–Crippen MR) is 133 cm³/mol. The summed E-state index contributed by atoms with van der Waals surface area (Å²) in [5, 5.41) is 19.6. The number of hydrogen-bond acceptors (Lipinski definition) is 5. The van der Waals surface area contributed by atoms with Crippen LogP contribution >= 0.6 is 0 Å². The molecule has 1 unspecified atom stereocenters. The fourth-order valence-corrected chi connectivity index (χ4v) is 3.90. The summed E-state index contributed by atoms with van der Waals surface area (Å²) in [6, 6.07) is 11.6. The lowest BCUT2D eigenvalue weighted by atomic mass is 9.84. The zero-order valence-corrected chi connectivity index (χ0v) is 22.0. The Morgan fingerprint density at radius 1 is 1.00 bits per heavy atom. The summed E-state index contributed by atoms with van der Waals surface area (Å²) in [6.45, 7) is 11.9. The third kappa shape index (κ3) is 12.9. The molecule has 0 heterocycles. The first-order valence-corrected chi connectivity index (χ1v) is 12.0. The number of carbonyl (C=O) groups excluding carboxylic acids is 1. The lowest BCUT2D eigenvalue weighted by Gasteiger charge is -2.27. The van der Waals surface area contributed by atoms with Crippen molar-refractivity contribution >= 4 is 5.97 Å². The summed E-state index contributed by atoms with van der Waals surface area (Å²) in [5.74, 6) is -0.177. The van der Waals surface area contributed by atoms with E-state index >= 15 is 0 Å². The molecule has 0 amide bonds. The number of aliphatic hydroxyl groups excluding tert-OH is 1. The maximum absolute atomic E-state index is 13.1. The average molecular weight is 513 g/mol. The van der Waals surface area contributed by atoms with Crippen LogP contribution < -0.4 is 4.89 Å². The molecule has 0 saturated heterocycles. The molecule has 36 heavy (non-hydrogen) atoms. The maximum atomic E-state index is 13.1. The Bertz CT molecular complexity index is 931. The average Bonchev–Trinajstić information content (AvgIpc) is 2.74. The molecule has 5 nitrogen and oxygen atoms in total.